The summed E-state index contributed by atoms with van der Waals surface area (Å²) in [6.45, 7) is 5.01. The molecule has 1 aromatic carbocycles. The van der Waals surface area contributed by atoms with Gasteiger partial charge in [0.1, 0.15) is 11.9 Å². The predicted octanol–water partition coefficient (Wildman–Crippen LogP) is 2.89. The van der Waals surface area contributed by atoms with Crippen LogP contribution in [0.5, 0.6) is 5.75 Å². The number of sulfonamides is 1. The smallest absolute Gasteiger partial charge is 0.256 e. The van der Waals surface area contributed by atoms with Crippen LogP contribution in [0.3, 0.4) is 0 Å². The van der Waals surface area contributed by atoms with Crippen molar-refractivity contribution in [2.75, 3.05) is 25.9 Å². The van der Waals surface area contributed by atoms with Gasteiger partial charge in [-0.15, -0.1) is 0 Å². The minimum absolute atomic E-state index is 0. The highest BCUT2D eigenvalue weighted by Gasteiger charge is 2.33. The quantitative estimate of drug-likeness (QED) is 0.687. The van der Waals surface area contributed by atoms with E-state index in [9.17, 15) is 18.0 Å². The molecule has 2 aromatic rings. The fourth-order valence-corrected chi connectivity index (χ4v) is 5.52. The summed E-state index contributed by atoms with van der Waals surface area (Å²) < 4.78 is 30.9. The number of carbonyl (C=O) groups excluding carboxylic acids is 1. The van der Waals surface area contributed by atoms with Crippen molar-refractivity contribution in [1.29, 1.82) is 0 Å². The molecule has 1 N–H and O–H groups in total. The van der Waals surface area contributed by atoms with Crippen LogP contribution in [0.25, 0.3) is 0 Å². The van der Waals surface area contributed by atoms with Gasteiger partial charge in [-0.05, 0) is 49.9 Å². The summed E-state index contributed by atoms with van der Waals surface area (Å²) in [7, 11) is -3.28. The van der Waals surface area contributed by atoms with Crippen LogP contribution in [-0.2, 0) is 23.0 Å². The van der Waals surface area contributed by atoms with Crippen molar-refractivity contribution in [2.45, 2.75) is 46.8 Å². The summed E-state index contributed by atoms with van der Waals surface area (Å²) in [4.78, 5) is 30.1. The van der Waals surface area contributed by atoms with Crippen LogP contribution in [0.4, 0.5) is 0 Å². The number of amides is 1. The lowest BCUT2D eigenvalue weighted by Gasteiger charge is -2.30. The number of fused-ring (bicyclic) bond motifs is 1. The lowest BCUT2D eigenvalue weighted by Crippen LogP contribution is -2.39. The molecule has 0 bridgehead atoms. The number of aromatic amines is 1. The third-order valence-corrected chi connectivity index (χ3v) is 7.70. The van der Waals surface area contributed by atoms with Gasteiger partial charge in [-0.3, -0.25) is 9.59 Å². The van der Waals surface area contributed by atoms with Crippen molar-refractivity contribution in [3.63, 3.8) is 0 Å². The molecule has 180 valence electrons. The first-order valence-corrected chi connectivity index (χ1v) is 12.7. The molecule has 0 aliphatic carbocycles. The van der Waals surface area contributed by atoms with Crippen LogP contribution in [0.1, 0.15) is 46.6 Å². The molecule has 1 atom stereocenters. The Bertz CT molecular complexity index is 1240. The molecule has 10 heteroatoms. The summed E-state index contributed by atoms with van der Waals surface area (Å²) in [5.41, 5.74) is 3.20. The van der Waals surface area contributed by atoms with Crippen LogP contribution in [0.15, 0.2) is 23.0 Å². The Hall–Kier alpha value is -2.36. The van der Waals surface area contributed by atoms with Crippen LogP contribution in [0.2, 0.25) is 5.02 Å². The molecule has 0 unspecified atom stereocenters. The van der Waals surface area contributed by atoms with Gasteiger partial charge in [0.05, 0.1) is 29.9 Å². The van der Waals surface area contributed by atoms with Gasteiger partial charge in [0.2, 0.25) is 10.0 Å². The average Bonchev–Trinajstić information content (AvgIpc) is 3.17. The van der Waals surface area contributed by atoms with Gasteiger partial charge in [0, 0.05) is 24.3 Å². The first-order chi connectivity index (χ1) is 15.0. The third kappa shape index (κ3) is 5.10. The number of carbonyl (C=O) groups is 1. The van der Waals surface area contributed by atoms with E-state index in [0.717, 1.165) is 16.8 Å². The zero-order valence-corrected chi connectivity index (χ0v) is 19.8. The lowest BCUT2D eigenvalue weighted by molar-refractivity contribution is 0.0725. The second-order valence-electron chi connectivity index (χ2n) is 8.48. The molecule has 0 radical (unpaired) electrons. The second-order valence-corrected chi connectivity index (χ2v) is 10.8. The van der Waals surface area contributed by atoms with E-state index in [2.05, 4.69) is 4.98 Å². The van der Waals surface area contributed by atoms with Gasteiger partial charge in [0.15, 0.2) is 0 Å². The number of ether oxygens (including phenoxy) is 1. The Morgan fingerprint density at radius 3 is 2.58 bits per heavy atom. The Kier molecular flexibility index (Phi) is 7.26. The summed E-state index contributed by atoms with van der Waals surface area (Å²) in [5, 5.41) is 0.226. The van der Waals surface area contributed by atoms with Crippen molar-refractivity contribution < 1.29 is 17.9 Å². The average molecular weight is 496 g/mol. The van der Waals surface area contributed by atoms with Crippen LogP contribution in [0, 0.1) is 13.8 Å². The van der Waals surface area contributed by atoms with Crippen molar-refractivity contribution in [1.82, 2.24) is 14.2 Å². The fraction of sp³-hybridized carbons (Fsp3) is 0.478. The van der Waals surface area contributed by atoms with E-state index in [1.807, 2.05) is 26.0 Å². The van der Waals surface area contributed by atoms with Crippen molar-refractivity contribution in [3.05, 3.63) is 61.5 Å². The number of pyridine rings is 1. The first kappa shape index (κ1) is 25.3. The maximum Gasteiger partial charge on any atom is 0.256 e. The molecule has 0 saturated carbocycles. The van der Waals surface area contributed by atoms with E-state index >= 15 is 0 Å². The van der Waals surface area contributed by atoms with E-state index in [4.69, 9.17) is 16.3 Å². The van der Waals surface area contributed by atoms with E-state index in [0.29, 0.717) is 42.8 Å². The van der Waals surface area contributed by atoms with Crippen molar-refractivity contribution >= 4 is 27.5 Å². The molecule has 0 spiro atoms. The summed E-state index contributed by atoms with van der Waals surface area (Å²) in [6.07, 6.45) is 2.02. The molecule has 2 aliphatic rings. The van der Waals surface area contributed by atoms with Crippen molar-refractivity contribution in [3.8, 4) is 5.75 Å². The number of benzene rings is 1. The number of rotatable bonds is 5. The van der Waals surface area contributed by atoms with E-state index in [1.54, 1.807) is 11.0 Å². The minimum Gasteiger partial charge on any atom is -0.487 e. The van der Waals surface area contributed by atoms with E-state index < -0.39 is 10.0 Å². The van der Waals surface area contributed by atoms with E-state index in [1.165, 1.54) is 10.6 Å². The molecule has 33 heavy (non-hydrogen) atoms. The number of nitrogens with zero attached hydrogens (tertiary/aromatic N) is 2. The Labute approximate surface area is 199 Å². The number of aromatic nitrogens is 1. The Balaban J connectivity index is 0.00000306. The van der Waals surface area contributed by atoms with Crippen LogP contribution in [-0.4, -0.2) is 60.5 Å². The lowest BCUT2D eigenvalue weighted by atomic mass is 9.97. The third-order valence-electron chi connectivity index (χ3n) is 6.06. The molecule has 8 nitrogen and oxygen atoms in total. The van der Waals surface area contributed by atoms with Gasteiger partial charge in [-0.2, -0.15) is 4.31 Å². The number of hydrogen-bond donors (Lipinski definition) is 1. The van der Waals surface area contributed by atoms with Gasteiger partial charge in [-0.25, -0.2) is 8.42 Å². The number of H-pyrrole nitrogens is 1. The molecule has 1 aromatic heterocycles. The van der Waals surface area contributed by atoms with Crippen LogP contribution < -0.4 is 10.3 Å². The number of hydrogen-bond acceptors (Lipinski definition) is 5. The SMILES string of the molecule is C.Cc1cc(C)c(CN2CCc3ccc(O[C@H]4CCN(S(C)(=O)=O)C4)c(Cl)c3C2=O)c(=O)[nH]1. The normalized spacial score (nSPS) is 18.7. The Morgan fingerprint density at radius 1 is 1.21 bits per heavy atom. The maximum absolute atomic E-state index is 13.3. The molecule has 1 fully saturated rings. The summed E-state index contributed by atoms with van der Waals surface area (Å²) in [6, 6.07) is 5.46. The standard InChI is InChI=1S/C22H26ClN3O5S.CH4/c1-13-10-14(2)24-21(27)17(13)12-25-8-6-15-4-5-18(20(23)19(15)22(25)28)31-16-7-9-26(11-16)32(3,29)30;/h4-5,10,16H,6-9,11-12H2,1-3H3,(H,24,27);1H4/t16-;/m0./s1. The fourth-order valence-electron chi connectivity index (χ4n) is 4.34. The summed E-state index contributed by atoms with van der Waals surface area (Å²) >= 11 is 6.61. The number of nitrogens with one attached hydrogen (secondary N) is 1. The van der Waals surface area contributed by atoms with Gasteiger partial charge < -0.3 is 14.6 Å². The molecule has 3 heterocycles. The molecular formula is C23H30ClN3O5S. The van der Waals surface area contributed by atoms with Gasteiger partial charge in [0.25, 0.3) is 11.5 Å². The monoisotopic (exact) mass is 495 g/mol. The van der Waals surface area contributed by atoms with Crippen molar-refractivity contribution in [2.24, 2.45) is 0 Å². The zero-order valence-electron chi connectivity index (χ0n) is 18.3. The minimum atomic E-state index is -3.28. The largest absolute Gasteiger partial charge is 0.487 e. The highest BCUT2D eigenvalue weighted by Crippen LogP contribution is 2.36. The second kappa shape index (κ2) is 9.48. The first-order valence-electron chi connectivity index (χ1n) is 10.5. The molecule has 1 saturated heterocycles. The van der Waals surface area contributed by atoms with E-state index in [-0.39, 0.29) is 43.1 Å². The predicted molar refractivity (Wildman–Crippen MR) is 129 cm³/mol. The number of aryl methyl sites for hydroxylation is 2. The highest BCUT2D eigenvalue weighted by molar-refractivity contribution is 7.88. The Morgan fingerprint density at radius 2 is 1.94 bits per heavy atom. The molecule has 2 aliphatic heterocycles. The van der Waals surface area contributed by atoms with Gasteiger partial charge >= 0.3 is 0 Å². The number of halogens is 1. The summed E-state index contributed by atoms with van der Waals surface area (Å²) in [5.74, 6) is 0.121. The molecule has 4 rings (SSSR count). The molecular weight excluding hydrogens is 466 g/mol. The zero-order chi connectivity index (χ0) is 23.2. The van der Waals surface area contributed by atoms with Gasteiger partial charge in [-0.1, -0.05) is 25.1 Å². The highest BCUT2D eigenvalue weighted by atomic mass is 35.5. The molecule has 1 amide bonds. The topological polar surface area (TPSA) is 99.8 Å². The van der Waals surface area contributed by atoms with Crippen LogP contribution >= 0.6 is 11.6 Å². The maximum atomic E-state index is 13.3.